The molecule has 0 aliphatic carbocycles. The molecule has 1 atom stereocenters. The highest BCUT2D eigenvalue weighted by molar-refractivity contribution is 5.21. The van der Waals surface area contributed by atoms with Gasteiger partial charge in [0.25, 0.3) is 0 Å². The Morgan fingerprint density at radius 1 is 1.11 bits per heavy atom. The number of halogens is 2. The second-order valence-electron chi connectivity index (χ2n) is 4.44. The predicted octanol–water partition coefficient (Wildman–Crippen LogP) is 3.32. The molecule has 0 aliphatic rings. The van der Waals surface area contributed by atoms with E-state index in [0.717, 1.165) is 12.3 Å². The third kappa shape index (κ3) is 3.64. The van der Waals surface area contributed by atoms with E-state index in [0.29, 0.717) is 12.8 Å². The van der Waals surface area contributed by atoms with Crippen molar-refractivity contribution in [3.05, 3.63) is 59.6 Å². The fraction of sp³-hybridized carbons (Fsp3) is 0.333. The normalized spacial score (nSPS) is 12.6. The molecule has 0 amide bonds. The van der Waals surface area contributed by atoms with Gasteiger partial charge in [0.1, 0.15) is 17.4 Å². The first-order valence-corrected chi connectivity index (χ1v) is 6.39. The molecule has 19 heavy (non-hydrogen) atoms. The number of rotatable bonds is 6. The molecule has 0 fully saturated rings. The fourth-order valence-electron chi connectivity index (χ4n) is 2.15. The molecule has 2 aromatic rings. The minimum atomic E-state index is -0.498. The fourth-order valence-corrected chi connectivity index (χ4v) is 2.15. The number of likely N-dealkylation sites (N-methyl/N-ethyl adjacent to an activating group) is 1. The van der Waals surface area contributed by atoms with Gasteiger partial charge < -0.3 is 9.73 Å². The molecule has 1 heterocycles. The third-order valence-corrected chi connectivity index (χ3v) is 3.03. The lowest BCUT2D eigenvalue weighted by Gasteiger charge is -2.17. The van der Waals surface area contributed by atoms with Crippen molar-refractivity contribution < 1.29 is 13.2 Å². The standard InChI is InChI=1S/C15H17F2NO/c1-2-18-11(9-12-5-4-8-19-12)10-13-14(16)6-3-7-15(13)17/h3-8,11,18H,2,9-10H2,1H3. The summed E-state index contributed by atoms with van der Waals surface area (Å²) in [6.45, 7) is 2.70. The van der Waals surface area contributed by atoms with Crippen LogP contribution in [0.25, 0.3) is 0 Å². The second kappa shape index (κ2) is 6.48. The largest absolute Gasteiger partial charge is 0.469 e. The average molecular weight is 265 g/mol. The first kappa shape index (κ1) is 13.7. The first-order chi connectivity index (χ1) is 9.20. The SMILES string of the molecule is CCNC(Cc1ccco1)Cc1c(F)cccc1F. The van der Waals surface area contributed by atoms with E-state index in [1.165, 1.54) is 18.2 Å². The maximum Gasteiger partial charge on any atom is 0.129 e. The maximum absolute atomic E-state index is 13.6. The second-order valence-corrected chi connectivity index (χ2v) is 4.44. The Balaban J connectivity index is 2.12. The van der Waals surface area contributed by atoms with Crippen LogP contribution in [-0.4, -0.2) is 12.6 Å². The summed E-state index contributed by atoms with van der Waals surface area (Å²) in [5.74, 6) is -0.188. The monoisotopic (exact) mass is 265 g/mol. The van der Waals surface area contributed by atoms with Gasteiger partial charge in [-0.25, -0.2) is 8.78 Å². The molecule has 1 N–H and O–H groups in total. The zero-order valence-corrected chi connectivity index (χ0v) is 10.8. The number of hydrogen-bond acceptors (Lipinski definition) is 2. The Morgan fingerprint density at radius 3 is 2.42 bits per heavy atom. The molecule has 0 spiro atoms. The number of nitrogens with one attached hydrogen (secondary N) is 1. The van der Waals surface area contributed by atoms with Crippen molar-refractivity contribution >= 4 is 0 Å². The molecular weight excluding hydrogens is 248 g/mol. The van der Waals surface area contributed by atoms with Crippen LogP contribution in [-0.2, 0) is 12.8 Å². The molecule has 4 heteroatoms. The van der Waals surface area contributed by atoms with Gasteiger partial charge in [0, 0.05) is 18.0 Å². The van der Waals surface area contributed by atoms with Crippen molar-refractivity contribution in [3.8, 4) is 0 Å². The Kier molecular flexibility index (Phi) is 4.68. The lowest BCUT2D eigenvalue weighted by Crippen LogP contribution is -2.33. The summed E-state index contributed by atoms with van der Waals surface area (Å²) >= 11 is 0. The van der Waals surface area contributed by atoms with E-state index in [1.54, 1.807) is 6.26 Å². The van der Waals surface area contributed by atoms with E-state index < -0.39 is 11.6 Å². The summed E-state index contributed by atoms with van der Waals surface area (Å²) in [7, 11) is 0. The van der Waals surface area contributed by atoms with Crippen LogP contribution in [0, 0.1) is 11.6 Å². The molecule has 2 rings (SSSR count). The van der Waals surface area contributed by atoms with E-state index in [9.17, 15) is 8.78 Å². The summed E-state index contributed by atoms with van der Waals surface area (Å²) < 4.78 is 32.6. The summed E-state index contributed by atoms with van der Waals surface area (Å²) in [6.07, 6.45) is 2.50. The summed E-state index contributed by atoms with van der Waals surface area (Å²) in [5, 5.41) is 3.23. The molecule has 2 nitrogen and oxygen atoms in total. The van der Waals surface area contributed by atoms with Crippen LogP contribution in [0.5, 0.6) is 0 Å². The molecule has 1 aromatic carbocycles. The highest BCUT2D eigenvalue weighted by Crippen LogP contribution is 2.16. The first-order valence-electron chi connectivity index (χ1n) is 6.39. The number of hydrogen-bond donors (Lipinski definition) is 1. The van der Waals surface area contributed by atoms with Crippen LogP contribution in [0.3, 0.4) is 0 Å². The van der Waals surface area contributed by atoms with Gasteiger partial charge in [-0.1, -0.05) is 13.0 Å². The van der Waals surface area contributed by atoms with E-state index in [2.05, 4.69) is 5.32 Å². The molecule has 102 valence electrons. The van der Waals surface area contributed by atoms with Crippen LogP contribution in [0.2, 0.25) is 0 Å². The lowest BCUT2D eigenvalue weighted by molar-refractivity contribution is 0.433. The van der Waals surface area contributed by atoms with Gasteiger partial charge in [0.15, 0.2) is 0 Å². The Hall–Kier alpha value is -1.68. The van der Waals surface area contributed by atoms with Crippen molar-refractivity contribution in [2.45, 2.75) is 25.8 Å². The average Bonchev–Trinajstić information content (AvgIpc) is 2.87. The van der Waals surface area contributed by atoms with Gasteiger partial charge in [0.05, 0.1) is 6.26 Å². The quantitative estimate of drug-likeness (QED) is 0.866. The van der Waals surface area contributed by atoms with Crippen LogP contribution in [0.1, 0.15) is 18.2 Å². The van der Waals surface area contributed by atoms with E-state index in [1.807, 2.05) is 19.1 Å². The zero-order valence-electron chi connectivity index (χ0n) is 10.8. The summed E-state index contributed by atoms with van der Waals surface area (Å²) in [4.78, 5) is 0. The lowest BCUT2D eigenvalue weighted by atomic mass is 10.0. The molecule has 1 aromatic heterocycles. The van der Waals surface area contributed by atoms with Gasteiger partial charge in [-0.2, -0.15) is 0 Å². The smallest absolute Gasteiger partial charge is 0.129 e. The molecule has 0 aliphatic heterocycles. The summed E-state index contributed by atoms with van der Waals surface area (Å²) in [5.41, 5.74) is 0.125. The molecule has 0 radical (unpaired) electrons. The van der Waals surface area contributed by atoms with Crippen molar-refractivity contribution in [1.29, 1.82) is 0 Å². The van der Waals surface area contributed by atoms with Crippen LogP contribution >= 0.6 is 0 Å². The number of benzene rings is 1. The minimum absolute atomic E-state index is 0.0532. The predicted molar refractivity (Wildman–Crippen MR) is 69.9 cm³/mol. The van der Waals surface area contributed by atoms with Crippen LogP contribution in [0.4, 0.5) is 8.78 Å². The summed E-state index contributed by atoms with van der Waals surface area (Å²) in [6, 6.07) is 7.57. The van der Waals surface area contributed by atoms with E-state index >= 15 is 0 Å². The van der Waals surface area contributed by atoms with Gasteiger partial charge in [-0.15, -0.1) is 0 Å². The Labute approximate surface area is 111 Å². The Bertz CT molecular complexity index is 491. The topological polar surface area (TPSA) is 25.2 Å². The van der Waals surface area contributed by atoms with Gasteiger partial charge in [-0.3, -0.25) is 0 Å². The van der Waals surface area contributed by atoms with Crippen LogP contribution in [0.15, 0.2) is 41.0 Å². The number of furan rings is 1. The van der Waals surface area contributed by atoms with Crippen molar-refractivity contribution in [2.24, 2.45) is 0 Å². The molecule has 0 saturated heterocycles. The van der Waals surface area contributed by atoms with Crippen molar-refractivity contribution in [1.82, 2.24) is 5.32 Å². The van der Waals surface area contributed by atoms with E-state index in [-0.39, 0.29) is 11.6 Å². The van der Waals surface area contributed by atoms with E-state index in [4.69, 9.17) is 4.42 Å². The molecular formula is C15H17F2NO. The third-order valence-electron chi connectivity index (χ3n) is 3.03. The molecule has 0 saturated carbocycles. The molecule has 1 unspecified atom stereocenters. The zero-order chi connectivity index (χ0) is 13.7. The van der Waals surface area contributed by atoms with Crippen molar-refractivity contribution in [3.63, 3.8) is 0 Å². The van der Waals surface area contributed by atoms with Gasteiger partial charge in [0.2, 0.25) is 0 Å². The van der Waals surface area contributed by atoms with Crippen LogP contribution < -0.4 is 5.32 Å². The van der Waals surface area contributed by atoms with Gasteiger partial charge >= 0.3 is 0 Å². The highest BCUT2D eigenvalue weighted by atomic mass is 19.1. The van der Waals surface area contributed by atoms with Gasteiger partial charge in [-0.05, 0) is 37.2 Å². The Morgan fingerprint density at radius 2 is 1.84 bits per heavy atom. The maximum atomic E-state index is 13.6. The highest BCUT2D eigenvalue weighted by Gasteiger charge is 2.16. The van der Waals surface area contributed by atoms with Crippen molar-refractivity contribution in [2.75, 3.05) is 6.54 Å². The molecule has 0 bridgehead atoms. The minimum Gasteiger partial charge on any atom is -0.469 e.